The zero-order valence-electron chi connectivity index (χ0n) is 26.5. The van der Waals surface area contributed by atoms with Crippen molar-refractivity contribution in [3.05, 3.63) is 88.2 Å². The molecule has 2 amide bonds. The Morgan fingerprint density at radius 1 is 0.939 bits per heavy atom. The minimum atomic E-state index is -5.15. The first-order chi connectivity index (χ1) is 22.9. The largest absolute Gasteiger partial charge is 0.493 e. The first kappa shape index (κ1) is 35.6. The van der Waals surface area contributed by atoms with E-state index < -0.39 is 82.3 Å². The maximum Gasteiger partial charge on any atom is 0.416 e. The molecule has 3 aromatic carbocycles. The van der Waals surface area contributed by atoms with E-state index in [4.69, 9.17) is 14.2 Å². The minimum Gasteiger partial charge on any atom is -0.493 e. The quantitative estimate of drug-likeness (QED) is 0.242. The van der Waals surface area contributed by atoms with E-state index in [-0.39, 0.29) is 26.4 Å². The van der Waals surface area contributed by atoms with Gasteiger partial charge in [0.1, 0.15) is 11.6 Å². The maximum absolute atomic E-state index is 15.1. The first-order valence-corrected chi connectivity index (χ1v) is 15.2. The molecule has 15 heteroatoms. The first-order valence-electron chi connectivity index (χ1n) is 15.2. The standard InChI is InChI=1S/C34H33F7N2O6/c1-32(2,3)29-23(16-47-19-8-10-27-28(14-19)49-17-48-27)20(11-12-43(29)31(45)46)18-7-9-26(35)21(13-18)30(44)42-15-22-24(33(36,37)38)5-4-6-25(22)34(39,40)41/h4-10,13-14,20,23,29H,11-12,15-17H2,1-3H3,(H,42,44)(H,45,46)/t20-,23-,29?/m0/s1. The third-order valence-electron chi connectivity index (χ3n) is 8.73. The van der Waals surface area contributed by atoms with Crippen molar-refractivity contribution in [3.63, 3.8) is 0 Å². The zero-order valence-corrected chi connectivity index (χ0v) is 26.5. The second kappa shape index (κ2) is 13.3. The number of halogens is 7. The van der Waals surface area contributed by atoms with E-state index in [1.165, 1.54) is 17.0 Å². The Morgan fingerprint density at radius 2 is 1.59 bits per heavy atom. The van der Waals surface area contributed by atoms with Crippen LogP contribution in [0.1, 0.15) is 65.7 Å². The number of carbonyl (C=O) groups excluding carboxylic acids is 1. The number of alkyl halides is 6. The number of hydrogen-bond acceptors (Lipinski definition) is 5. The molecule has 8 nitrogen and oxygen atoms in total. The molecule has 264 valence electrons. The predicted molar refractivity (Wildman–Crippen MR) is 161 cm³/mol. The number of rotatable bonds is 7. The van der Waals surface area contributed by atoms with Crippen molar-refractivity contribution in [2.24, 2.45) is 11.3 Å². The summed E-state index contributed by atoms with van der Waals surface area (Å²) in [4.78, 5) is 26.9. The van der Waals surface area contributed by atoms with Crippen LogP contribution in [-0.4, -0.2) is 48.0 Å². The number of hydrogen-bond donors (Lipinski definition) is 2. The van der Waals surface area contributed by atoms with Crippen molar-refractivity contribution in [1.29, 1.82) is 0 Å². The van der Waals surface area contributed by atoms with Gasteiger partial charge in [0, 0.05) is 31.1 Å². The molecule has 0 aromatic heterocycles. The highest BCUT2D eigenvalue weighted by atomic mass is 19.4. The van der Waals surface area contributed by atoms with Crippen LogP contribution in [0.3, 0.4) is 0 Å². The molecule has 1 unspecified atom stereocenters. The number of carbonyl (C=O) groups is 2. The lowest BCUT2D eigenvalue weighted by molar-refractivity contribution is -0.144. The summed E-state index contributed by atoms with van der Waals surface area (Å²) in [6.07, 6.45) is -11.2. The van der Waals surface area contributed by atoms with E-state index in [1.54, 1.807) is 18.2 Å². The van der Waals surface area contributed by atoms with Gasteiger partial charge in [-0.1, -0.05) is 32.9 Å². The fourth-order valence-corrected chi connectivity index (χ4v) is 6.71. The molecule has 2 N–H and O–H groups in total. The molecular weight excluding hydrogens is 665 g/mol. The molecule has 0 aliphatic carbocycles. The van der Waals surface area contributed by atoms with Crippen LogP contribution >= 0.6 is 0 Å². The van der Waals surface area contributed by atoms with Crippen molar-refractivity contribution in [2.45, 2.75) is 58.0 Å². The van der Waals surface area contributed by atoms with E-state index >= 15 is 4.39 Å². The van der Waals surface area contributed by atoms with Crippen LogP contribution in [0.2, 0.25) is 0 Å². The van der Waals surface area contributed by atoms with E-state index in [2.05, 4.69) is 0 Å². The SMILES string of the molecule is CC(C)(C)C1[C@@H](COc2ccc3c(c2)OCO3)[C@H](c2ccc(F)c(C(=O)NCc3c(C(F)(F)F)cccc3C(F)(F)F)c2)CCN1C(=O)O. The number of nitrogens with one attached hydrogen (secondary N) is 1. The second-order valence-electron chi connectivity index (χ2n) is 12.9. The Labute approximate surface area is 276 Å². The summed E-state index contributed by atoms with van der Waals surface area (Å²) in [7, 11) is 0. The molecule has 2 aliphatic heterocycles. The van der Waals surface area contributed by atoms with E-state index in [1.807, 2.05) is 26.1 Å². The Hall–Kier alpha value is -4.69. The van der Waals surface area contributed by atoms with Gasteiger partial charge in [0.15, 0.2) is 11.5 Å². The lowest BCUT2D eigenvalue weighted by Crippen LogP contribution is -2.57. The molecule has 0 radical (unpaired) electrons. The monoisotopic (exact) mass is 698 g/mol. The third kappa shape index (κ3) is 7.65. The summed E-state index contributed by atoms with van der Waals surface area (Å²) in [5, 5.41) is 12.1. The third-order valence-corrected chi connectivity index (χ3v) is 8.73. The minimum absolute atomic E-state index is 0.0105. The molecule has 1 fully saturated rings. The van der Waals surface area contributed by atoms with Gasteiger partial charge in [0.2, 0.25) is 6.79 Å². The molecule has 2 heterocycles. The molecule has 0 bridgehead atoms. The highest BCUT2D eigenvalue weighted by molar-refractivity contribution is 5.94. The van der Waals surface area contributed by atoms with Crippen molar-refractivity contribution in [1.82, 2.24) is 10.2 Å². The lowest BCUT2D eigenvalue weighted by atomic mass is 9.68. The van der Waals surface area contributed by atoms with Gasteiger partial charge >= 0.3 is 18.4 Å². The van der Waals surface area contributed by atoms with Crippen LogP contribution in [0.15, 0.2) is 54.6 Å². The molecule has 2 aliphatic rings. The maximum atomic E-state index is 15.1. The van der Waals surface area contributed by atoms with E-state index in [0.29, 0.717) is 41.0 Å². The predicted octanol–water partition coefficient (Wildman–Crippen LogP) is 8.10. The van der Waals surface area contributed by atoms with Crippen LogP contribution in [0, 0.1) is 17.2 Å². The summed E-state index contributed by atoms with van der Waals surface area (Å²) in [6.45, 7) is 4.53. The van der Waals surface area contributed by atoms with Gasteiger partial charge in [-0.2, -0.15) is 26.3 Å². The Bertz CT molecular complexity index is 1690. The number of carboxylic acid groups (broad SMARTS) is 1. The Morgan fingerprint density at radius 3 is 2.20 bits per heavy atom. The molecule has 3 aromatic rings. The number of ether oxygens (including phenoxy) is 3. The normalized spacial score (nSPS) is 19.5. The topological polar surface area (TPSA) is 97.3 Å². The van der Waals surface area contributed by atoms with Gasteiger partial charge < -0.3 is 29.5 Å². The highest BCUT2D eigenvalue weighted by Gasteiger charge is 2.47. The number of likely N-dealkylation sites (tertiary alicyclic amines) is 1. The van der Waals surface area contributed by atoms with Gasteiger partial charge in [-0.3, -0.25) is 4.79 Å². The second-order valence-corrected chi connectivity index (χ2v) is 12.9. The molecule has 0 saturated carbocycles. The molecule has 5 rings (SSSR count). The van der Waals surface area contributed by atoms with Gasteiger partial charge in [0.25, 0.3) is 5.91 Å². The summed E-state index contributed by atoms with van der Waals surface area (Å²) in [5.41, 5.74) is -5.18. The van der Waals surface area contributed by atoms with Crippen LogP contribution < -0.4 is 19.5 Å². The fourth-order valence-electron chi connectivity index (χ4n) is 6.71. The average molecular weight is 699 g/mol. The van der Waals surface area contributed by atoms with Gasteiger partial charge in [-0.05, 0) is 65.3 Å². The van der Waals surface area contributed by atoms with Crippen molar-refractivity contribution in [2.75, 3.05) is 19.9 Å². The van der Waals surface area contributed by atoms with Crippen molar-refractivity contribution >= 4 is 12.0 Å². The van der Waals surface area contributed by atoms with Crippen molar-refractivity contribution < 1.29 is 59.6 Å². The van der Waals surface area contributed by atoms with Gasteiger partial charge in [-0.25, -0.2) is 9.18 Å². The highest BCUT2D eigenvalue weighted by Crippen LogP contribution is 2.45. The van der Waals surface area contributed by atoms with Crippen LogP contribution in [0.5, 0.6) is 17.2 Å². The number of benzene rings is 3. The number of piperidine rings is 1. The van der Waals surface area contributed by atoms with Crippen molar-refractivity contribution in [3.8, 4) is 17.2 Å². The summed E-state index contributed by atoms with van der Waals surface area (Å²) in [6, 6.07) is 9.48. The summed E-state index contributed by atoms with van der Waals surface area (Å²) in [5.74, 6) is -1.92. The van der Waals surface area contributed by atoms with E-state index in [9.17, 15) is 41.0 Å². The molecule has 49 heavy (non-hydrogen) atoms. The lowest BCUT2D eigenvalue weighted by Gasteiger charge is -2.50. The van der Waals surface area contributed by atoms with Gasteiger partial charge in [0.05, 0.1) is 23.3 Å². The number of amides is 2. The van der Waals surface area contributed by atoms with E-state index in [0.717, 1.165) is 6.07 Å². The number of nitrogens with zero attached hydrogens (tertiary/aromatic N) is 1. The Kier molecular flexibility index (Phi) is 9.68. The molecule has 1 saturated heterocycles. The smallest absolute Gasteiger partial charge is 0.416 e. The van der Waals surface area contributed by atoms with Crippen LogP contribution in [-0.2, 0) is 18.9 Å². The van der Waals surface area contributed by atoms with Gasteiger partial charge in [-0.15, -0.1) is 0 Å². The Balaban J connectivity index is 1.46. The molecule has 0 spiro atoms. The summed E-state index contributed by atoms with van der Waals surface area (Å²) < 4.78 is 114. The average Bonchev–Trinajstić information content (AvgIpc) is 3.49. The summed E-state index contributed by atoms with van der Waals surface area (Å²) >= 11 is 0. The zero-order chi connectivity index (χ0) is 35.9. The fraction of sp³-hybridized carbons (Fsp3) is 0.412. The number of fused-ring (bicyclic) bond motifs is 1. The molecule has 3 atom stereocenters. The van der Waals surface area contributed by atoms with Crippen LogP contribution in [0.25, 0.3) is 0 Å². The van der Waals surface area contributed by atoms with Crippen LogP contribution in [0.4, 0.5) is 35.5 Å². The molecular formula is C34H33F7N2O6.